The van der Waals surface area contributed by atoms with Crippen molar-refractivity contribution in [2.24, 2.45) is 0 Å². The zero-order valence-corrected chi connectivity index (χ0v) is 16.7. The first-order valence-corrected chi connectivity index (χ1v) is 9.34. The van der Waals surface area contributed by atoms with Gasteiger partial charge in [0.25, 0.3) is 0 Å². The van der Waals surface area contributed by atoms with Gasteiger partial charge in [0.1, 0.15) is 24.1 Å². The highest BCUT2D eigenvalue weighted by atomic mass is 19.4. The third-order valence-corrected chi connectivity index (χ3v) is 4.43. The number of Topliss-reactive ketones (excluding diaryl/α,β-unsaturated/α-hetero) is 1. The van der Waals surface area contributed by atoms with E-state index in [9.17, 15) is 27.2 Å². The third-order valence-electron chi connectivity index (χ3n) is 4.43. The second-order valence-corrected chi connectivity index (χ2v) is 6.72. The fraction of sp³-hybridized carbons (Fsp3) is 0.182. The zero-order valence-electron chi connectivity index (χ0n) is 16.7. The predicted octanol–water partition coefficient (Wildman–Crippen LogP) is 4.74. The quantitative estimate of drug-likeness (QED) is 0.320. The van der Waals surface area contributed by atoms with Gasteiger partial charge < -0.3 is 10.1 Å². The summed E-state index contributed by atoms with van der Waals surface area (Å²) in [4.78, 5) is 30.8. The molecule has 1 N–H and O–H groups in total. The number of nitrogens with one attached hydrogen (secondary N) is 1. The first-order valence-electron chi connectivity index (χ1n) is 9.34. The number of halogens is 4. The standard InChI is InChI=1S/C22H17F4N3O3/c1-13(30)16-8-7-15(9-17(16)23)18-10-20(29-12-28-18)27-11-19(14-5-3-2-4-6-14)32-21(31)22(24,25)26/h2-10,12,19H,11H2,1H3,(H,27,28,29)/t19-/m1/s1. The number of aromatic nitrogens is 2. The molecule has 3 rings (SSSR count). The summed E-state index contributed by atoms with van der Waals surface area (Å²) in [5.74, 6) is -3.21. The van der Waals surface area contributed by atoms with Crippen molar-refractivity contribution in [1.82, 2.24) is 9.97 Å². The molecule has 0 saturated heterocycles. The molecular formula is C22H17F4N3O3. The maximum Gasteiger partial charge on any atom is 0.490 e. The summed E-state index contributed by atoms with van der Waals surface area (Å²) in [6, 6.07) is 13.4. The van der Waals surface area contributed by atoms with Crippen molar-refractivity contribution in [3.05, 3.63) is 77.9 Å². The summed E-state index contributed by atoms with van der Waals surface area (Å²) in [6.45, 7) is 1.04. The fourth-order valence-electron chi connectivity index (χ4n) is 2.86. The largest absolute Gasteiger partial charge is 0.490 e. The lowest BCUT2D eigenvalue weighted by Crippen LogP contribution is -2.29. The van der Waals surface area contributed by atoms with Gasteiger partial charge in [-0.2, -0.15) is 13.2 Å². The fourth-order valence-corrected chi connectivity index (χ4v) is 2.86. The topological polar surface area (TPSA) is 81.2 Å². The SMILES string of the molecule is CC(=O)c1ccc(-c2cc(NC[C@@H](OC(=O)C(F)(F)F)c3ccccc3)ncn2)cc1F. The van der Waals surface area contributed by atoms with Crippen molar-refractivity contribution in [3.8, 4) is 11.3 Å². The Labute approximate surface area is 180 Å². The van der Waals surface area contributed by atoms with E-state index in [0.717, 1.165) is 6.07 Å². The number of carbonyl (C=O) groups excluding carboxylic acids is 2. The lowest BCUT2D eigenvalue weighted by molar-refractivity contribution is -0.204. The Bertz CT molecular complexity index is 1120. The van der Waals surface area contributed by atoms with Crippen LogP contribution in [0.5, 0.6) is 0 Å². The van der Waals surface area contributed by atoms with Crippen LogP contribution in [0.1, 0.15) is 28.9 Å². The van der Waals surface area contributed by atoms with E-state index in [2.05, 4.69) is 20.0 Å². The van der Waals surface area contributed by atoms with Gasteiger partial charge in [0.15, 0.2) is 5.78 Å². The second-order valence-electron chi connectivity index (χ2n) is 6.72. The number of carbonyl (C=O) groups is 2. The Balaban J connectivity index is 1.79. The molecular weight excluding hydrogens is 430 g/mol. The van der Waals surface area contributed by atoms with Crippen LogP contribution in [0.25, 0.3) is 11.3 Å². The number of hydrogen-bond donors (Lipinski definition) is 1. The van der Waals surface area contributed by atoms with E-state index < -0.39 is 29.9 Å². The summed E-state index contributed by atoms with van der Waals surface area (Å²) in [7, 11) is 0. The number of benzene rings is 2. The highest BCUT2D eigenvalue weighted by Gasteiger charge is 2.42. The molecule has 0 bridgehead atoms. The summed E-state index contributed by atoms with van der Waals surface area (Å²) < 4.78 is 56.8. The van der Waals surface area contributed by atoms with Crippen LogP contribution in [0.3, 0.4) is 0 Å². The molecule has 3 aromatic rings. The van der Waals surface area contributed by atoms with Crippen LogP contribution in [-0.2, 0) is 9.53 Å². The summed E-state index contributed by atoms with van der Waals surface area (Å²) >= 11 is 0. The van der Waals surface area contributed by atoms with E-state index in [1.54, 1.807) is 18.2 Å². The molecule has 0 fully saturated rings. The molecule has 166 valence electrons. The Morgan fingerprint density at radius 2 is 1.78 bits per heavy atom. The average molecular weight is 447 g/mol. The van der Waals surface area contributed by atoms with E-state index >= 15 is 0 Å². The summed E-state index contributed by atoms with van der Waals surface area (Å²) in [5, 5.41) is 2.81. The molecule has 0 amide bonds. The lowest BCUT2D eigenvalue weighted by atomic mass is 10.1. The number of anilines is 1. The van der Waals surface area contributed by atoms with Crippen LogP contribution in [0.4, 0.5) is 23.4 Å². The van der Waals surface area contributed by atoms with Crippen LogP contribution < -0.4 is 5.32 Å². The second kappa shape index (κ2) is 9.54. The van der Waals surface area contributed by atoms with E-state index in [-0.39, 0.29) is 17.9 Å². The zero-order chi connectivity index (χ0) is 23.3. The Kier molecular flexibility index (Phi) is 6.82. The van der Waals surface area contributed by atoms with Crippen molar-refractivity contribution in [3.63, 3.8) is 0 Å². The molecule has 0 aliphatic heterocycles. The Morgan fingerprint density at radius 3 is 2.41 bits per heavy atom. The normalized spacial score (nSPS) is 12.2. The highest BCUT2D eigenvalue weighted by Crippen LogP contribution is 2.25. The van der Waals surface area contributed by atoms with E-state index in [0.29, 0.717) is 16.8 Å². The molecule has 32 heavy (non-hydrogen) atoms. The minimum absolute atomic E-state index is 0.0571. The number of rotatable bonds is 7. The lowest BCUT2D eigenvalue weighted by Gasteiger charge is -2.20. The molecule has 10 heteroatoms. The maximum absolute atomic E-state index is 14.1. The smallest absolute Gasteiger partial charge is 0.449 e. The summed E-state index contributed by atoms with van der Waals surface area (Å²) in [6.07, 6.45) is -5.19. The molecule has 6 nitrogen and oxygen atoms in total. The van der Waals surface area contributed by atoms with E-state index in [1.165, 1.54) is 43.6 Å². The van der Waals surface area contributed by atoms with Gasteiger partial charge in [-0.05, 0) is 24.6 Å². The number of nitrogens with zero attached hydrogens (tertiary/aromatic N) is 2. The van der Waals surface area contributed by atoms with Crippen molar-refractivity contribution in [2.75, 3.05) is 11.9 Å². The van der Waals surface area contributed by atoms with Gasteiger partial charge in [0.05, 0.1) is 17.8 Å². The molecule has 0 saturated carbocycles. The molecule has 0 spiro atoms. The minimum atomic E-state index is -5.13. The van der Waals surface area contributed by atoms with Crippen molar-refractivity contribution in [1.29, 1.82) is 0 Å². The van der Waals surface area contributed by atoms with Crippen molar-refractivity contribution in [2.45, 2.75) is 19.2 Å². The number of ketones is 1. The highest BCUT2D eigenvalue weighted by molar-refractivity contribution is 5.94. The summed E-state index contributed by atoms with van der Waals surface area (Å²) in [5.41, 5.74) is 0.994. The molecule has 0 radical (unpaired) electrons. The third kappa shape index (κ3) is 5.65. The first kappa shape index (κ1) is 22.9. The minimum Gasteiger partial charge on any atom is -0.449 e. The van der Waals surface area contributed by atoms with E-state index in [1.807, 2.05) is 0 Å². The number of esters is 1. The predicted molar refractivity (Wildman–Crippen MR) is 107 cm³/mol. The van der Waals surface area contributed by atoms with Crippen molar-refractivity contribution >= 4 is 17.6 Å². The molecule has 0 aliphatic carbocycles. The van der Waals surface area contributed by atoms with Gasteiger partial charge in [-0.25, -0.2) is 19.2 Å². The number of alkyl halides is 3. The molecule has 2 aromatic carbocycles. The van der Waals surface area contributed by atoms with Crippen LogP contribution >= 0.6 is 0 Å². The Morgan fingerprint density at radius 1 is 1.06 bits per heavy atom. The Hall–Kier alpha value is -3.82. The molecule has 0 unspecified atom stereocenters. The van der Waals surface area contributed by atoms with Gasteiger partial charge in [0.2, 0.25) is 0 Å². The van der Waals surface area contributed by atoms with Crippen LogP contribution in [0.2, 0.25) is 0 Å². The van der Waals surface area contributed by atoms with Gasteiger partial charge in [-0.15, -0.1) is 0 Å². The molecule has 1 aromatic heterocycles. The van der Waals surface area contributed by atoms with Crippen LogP contribution in [0, 0.1) is 5.82 Å². The molecule has 1 heterocycles. The number of ether oxygens (including phenoxy) is 1. The number of hydrogen-bond acceptors (Lipinski definition) is 6. The molecule has 0 aliphatic rings. The maximum atomic E-state index is 14.1. The van der Waals surface area contributed by atoms with Crippen molar-refractivity contribution < 1.29 is 31.9 Å². The van der Waals surface area contributed by atoms with Crippen LogP contribution in [0.15, 0.2) is 60.9 Å². The van der Waals surface area contributed by atoms with Gasteiger partial charge in [-0.1, -0.05) is 36.4 Å². The van der Waals surface area contributed by atoms with Gasteiger partial charge in [0, 0.05) is 11.6 Å². The monoisotopic (exact) mass is 447 g/mol. The average Bonchev–Trinajstić information content (AvgIpc) is 2.76. The van der Waals surface area contributed by atoms with Crippen LogP contribution in [-0.4, -0.2) is 34.4 Å². The first-order chi connectivity index (χ1) is 15.1. The van der Waals surface area contributed by atoms with Gasteiger partial charge >= 0.3 is 12.1 Å². The van der Waals surface area contributed by atoms with Gasteiger partial charge in [-0.3, -0.25) is 4.79 Å². The van der Waals surface area contributed by atoms with E-state index in [4.69, 9.17) is 0 Å². The molecule has 1 atom stereocenters.